The highest BCUT2D eigenvalue weighted by Crippen LogP contribution is 2.35. The van der Waals surface area contributed by atoms with E-state index in [1.54, 1.807) is 0 Å². The molecule has 0 spiro atoms. The van der Waals surface area contributed by atoms with Crippen molar-refractivity contribution in [3.8, 4) is 0 Å². The zero-order valence-corrected chi connectivity index (χ0v) is 14.7. The second-order valence-corrected chi connectivity index (χ2v) is 9.11. The number of hydrogen-bond acceptors (Lipinski definition) is 4. The summed E-state index contributed by atoms with van der Waals surface area (Å²) in [6.45, 7) is 0.0484. The highest BCUT2D eigenvalue weighted by atomic mass is 32.2. The molecule has 0 radical (unpaired) electrons. The van der Waals surface area contributed by atoms with E-state index in [-0.39, 0.29) is 28.4 Å². The standard InChI is InChI=1S/C15H13F3N2O4S2/c16-15(17,18)11-1-3-12(4-2-11)26(23,24)20-8-7-10-9-13(25(19,21)22)5-6-14(10)20/h1-6,9H,7-8H2,(H2,19,21,22). The van der Waals surface area contributed by atoms with Gasteiger partial charge in [-0.15, -0.1) is 0 Å². The van der Waals surface area contributed by atoms with Gasteiger partial charge in [0.1, 0.15) is 0 Å². The third-order valence-electron chi connectivity index (χ3n) is 4.00. The van der Waals surface area contributed by atoms with Gasteiger partial charge in [-0.2, -0.15) is 13.2 Å². The fraction of sp³-hybridized carbons (Fsp3) is 0.200. The van der Waals surface area contributed by atoms with Gasteiger partial charge in [0.15, 0.2) is 0 Å². The second-order valence-electron chi connectivity index (χ2n) is 5.68. The largest absolute Gasteiger partial charge is 0.416 e. The van der Waals surface area contributed by atoms with E-state index in [1.165, 1.54) is 18.2 Å². The summed E-state index contributed by atoms with van der Waals surface area (Å²) in [4.78, 5) is -0.418. The zero-order chi connectivity index (χ0) is 19.3. The van der Waals surface area contributed by atoms with Gasteiger partial charge in [-0.05, 0) is 54.4 Å². The highest BCUT2D eigenvalue weighted by Gasteiger charge is 2.34. The molecular weight excluding hydrogens is 393 g/mol. The number of nitrogens with zero attached hydrogens (tertiary/aromatic N) is 1. The van der Waals surface area contributed by atoms with Crippen LogP contribution in [0.15, 0.2) is 52.3 Å². The maximum Gasteiger partial charge on any atom is 0.416 e. The molecule has 0 atom stereocenters. The number of fused-ring (bicyclic) bond motifs is 1. The van der Waals surface area contributed by atoms with Crippen molar-refractivity contribution in [3.63, 3.8) is 0 Å². The Kier molecular flexibility index (Phi) is 4.28. The van der Waals surface area contributed by atoms with Gasteiger partial charge in [-0.1, -0.05) is 0 Å². The van der Waals surface area contributed by atoms with Gasteiger partial charge in [-0.3, -0.25) is 4.31 Å². The van der Waals surface area contributed by atoms with Crippen LogP contribution in [0.25, 0.3) is 0 Å². The van der Waals surface area contributed by atoms with E-state index in [2.05, 4.69) is 0 Å². The van der Waals surface area contributed by atoms with Crippen molar-refractivity contribution in [2.75, 3.05) is 10.8 Å². The molecule has 2 aromatic rings. The molecule has 0 saturated carbocycles. The molecule has 140 valence electrons. The summed E-state index contributed by atoms with van der Waals surface area (Å²) in [6.07, 6.45) is -4.30. The lowest BCUT2D eigenvalue weighted by Crippen LogP contribution is -2.29. The van der Waals surface area contributed by atoms with Crippen molar-refractivity contribution in [3.05, 3.63) is 53.6 Å². The van der Waals surface area contributed by atoms with Gasteiger partial charge >= 0.3 is 6.18 Å². The average molecular weight is 406 g/mol. The van der Waals surface area contributed by atoms with E-state index in [0.29, 0.717) is 17.7 Å². The monoisotopic (exact) mass is 406 g/mol. The first-order valence-electron chi connectivity index (χ1n) is 7.26. The topological polar surface area (TPSA) is 97.5 Å². The van der Waals surface area contributed by atoms with Crippen LogP contribution in [-0.4, -0.2) is 23.4 Å². The van der Waals surface area contributed by atoms with Gasteiger partial charge in [0.25, 0.3) is 10.0 Å². The lowest BCUT2D eigenvalue weighted by Gasteiger charge is -2.20. The van der Waals surface area contributed by atoms with Crippen LogP contribution >= 0.6 is 0 Å². The minimum absolute atomic E-state index is 0.0484. The lowest BCUT2D eigenvalue weighted by molar-refractivity contribution is -0.137. The molecule has 1 aliphatic rings. The summed E-state index contributed by atoms with van der Waals surface area (Å²) in [5.41, 5.74) is -0.194. The predicted octanol–water partition coefficient (Wildman–Crippen LogP) is 2.10. The molecule has 3 rings (SSSR count). The van der Waals surface area contributed by atoms with Crippen LogP contribution in [0, 0.1) is 0 Å². The van der Waals surface area contributed by atoms with Crippen molar-refractivity contribution < 1.29 is 30.0 Å². The quantitative estimate of drug-likeness (QED) is 0.844. The van der Waals surface area contributed by atoms with Crippen molar-refractivity contribution >= 4 is 25.7 Å². The number of hydrogen-bond donors (Lipinski definition) is 1. The first-order valence-corrected chi connectivity index (χ1v) is 10.2. The van der Waals surface area contributed by atoms with Crippen LogP contribution in [0.2, 0.25) is 0 Å². The number of primary sulfonamides is 1. The molecule has 0 fully saturated rings. The smallest absolute Gasteiger partial charge is 0.266 e. The van der Waals surface area contributed by atoms with Gasteiger partial charge in [0.05, 0.1) is 21.0 Å². The number of benzene rings is 2. The summed E-state index contributed by atoms with van der Waals surface area (Å²) in [6, 6.07) is 7.01. The minimum Gasteiger partial charge on any atom is -0.266 e. The molecule has 0 amide bonds. The van der Waals surface area contributed by atoms with E-state index in [0.717, 1.165) is 16.4 Å². The third-order valence-corrected chi connectivity index (χ3v) is 6.74. The maximum atomic E-state index is 12.7. The van der Waals surface area contributed by atoms with Crippen molar-refractivity contribution in [2.24, 2.45) is 5.14 Å². The first kappa shape index (κ1) is 18.7. The summed E-state index contributed by atoms with van der Waals surface area (Å²) >= 11 is 0. The number of anilines is 1. The molecule has 26 heavy (non-hydrogen) atoms. The SMILES string of the molecule is NS(=O)(=O)c1ccc2c(c1)CCN2S(=O)(=O)c1ccc(C(F)(F)F)cc1. The molecule has 1 heterocycles. The van der Waals surface area contributed by atoms with E-state index in [9.17, 15) is 30.0 Å². The normalized spacial score (nSPS) is 15.2. The van der Waals surface area contributed by atoms with E-state index >= 15 is 0 Å². The maximum absolute atomic E-state index is 12.7. The molecule has 0 aliphatic carbocycles. The van der Waals surface area contributed by atoms with E-state index < -0.39 is 31.8 Å². The van der Waals surface area contributed by atoms with Crippen LogP contribution in [0.3, 0.4) is 0 Å². The van der Waals surface area contributed by atoms with Crippen LogP contribution in [0.1, 0.15) is 11.1 Å². The molecular formula is C15H13F3N2O4S2. The molecule has 11 heteroatoms. The van der Waals surface area contributed by atoms with Crippen molar-refractivity contribution in [2.45, 2.75) is 22.4 Å². The highest BCUT2D eigenvalue weighted by molar-refractivity contribution is 7.92. The summed E-state index contributed by atoms with van der Waals surface area (Å²) in [7, 11) is -8.00. The molecule has 0 bridgehead atoms. The number of sulfonamides is 2. The van der Waals surface area contributed by atoms with E-state index in [1.807, 2.05) is 0 Å². The van der Waals surface area contributed by atoms with Crippen molar-refractivity contribution in [1.29, 1.82) is 0 Å². The van der Waals surface area contributed by atoms with Gasteiger partial charge in [0, 0.05) is 6.54 Å². The Morgan fingerprint density at radius 3 is 2.04 bits per heavy atom. The fourth-order valence-electron chi connectivity index (χ4n) is 2.72. The Hall–Kier alpha value is -2.11. The first-order chi connectivity index (χ1) is 11.9. The molecule has 6 nitrogen and oxygen atoms in total. The Morgan fingerprint density at radius 2 is 1.50 bits per heavy atom. The average Bonchev–Trinajstić information content (AvgIpc) is 2.97. The Labute approximate surface area is 148 Å². The van der Waals surface area contributed by atoms with Crippen LogP contribution < -0.4 is 9.44 Å². The van der Waals surface area contributed by atoms with E-state index in [4.69, 9.17) is 5.14 Å². The van der Waals surface area contributed by atoms with Crippen LogP contribution in [-0.2, 0) is 32.6 Å². The van der Waals surface area contributed by atoms with Gasteiger partial charge in [0.2, 0.25) is 10.0 Å². The molecule has 1 aliphatic heterocycles. The Morgan fingerprint density at radius 1 is 0.923 bits per heavy atom. The van der Waals surface area contributed by atoms with Gasteiger partial charge in [-0.25, -0.2) is 22.0 Å². The van der Waals surface area contributed by atoms with Crippen molar-refractivity contribution in [1.82, 2.24) is 0 Å². The zero-order valence-electron chi connectivity index (χ0n) is 13.1. The number of halogens is 3. The summed E-state index contributed by atoms with van der Waals surface area (Å²) in [5, 5.41) is 5.06. The van der Waals surface area contributed by atoms with Crippen LogP contribution in [0.5, 0.6) is 0 Å². The molecule has 0 saturated heterocycles. The molecule has 2 aromatic carbocycles. The van der Waals surface area contributed by atoms with Crippen LogP contribution in [0.4, 0.5) is 18.9 Å². The molecule has 0 unspecified atom stereocenters. The molecule has 2 N–H and O–H groups in total. The summed E-state index contributed by atoms with van der Waals surface area (Å²) in [5.74, 6) is 0. The Bertz CT molecular complexity index is 1060. The Balaban J connectivity index is 1.98. The third kappa shape index (κ3) is 3.29. The summed E-state index contributed by atoms with van der Waals surface area (Å²) < 4.78 is 87.2. The number of nitrogens with two attached hydrogens (primary N) is 1. The molecule has 0 aromatic heterocycles. The second kappa shape index (κ2) is 5.96. The minimum atomic E-state index is -4.56. The number of alkyl halides is 3. The van der Waals surface area contributed by atoms with Gasteiger partial charge < -0.3 is 0 Å². The predicted molar refractivity (Wildman–Crippen MR) is 87.5 cm³/mol. The fourth-order valence-corrected chi connectivity index (χ4v) is 4.79. The lowest BCUT2D eigenvalue weighted by atomic mass is 10.2. The number of rotatable bonds is 3.